The fourth-order valence-corrected chi connectivity index (χ4v) is 4.18. The maximum atomic E-state index is 12.9. The number of likely N-dealkylation sites (tertiary alicyclic amines) is 1. The Hall–Kier alpha value is -2.60. The number of fused-ring (bicyclic) bond motifs is 1. The topological polar surface area (TPSA) is 74.7 Å². The lowest BCUT2D eigenvalue weighted by molar-refractivity contribution is -0.0176. The van der Waals surface area contributed by atoms with Gasteiger partial charge >= 0.3 is 6.03 Å². The molecule has 2 amide bonds. The fraction of sp³-hybridized carbons (Fsp3) is 0.455. The number of para-hydroxylation sites is 1. The minimum Gasteiger partial charge on any atom is -0.487 e. The molecule has 2 aromatic rings. The van der Waals surface area contributed by atoms with Gasteiger partial charge in [-0.15, -0.1) is 0 Å². The SMILES string of the molecule is CC1(C)C[C@H](NC(=O)N2CCC(O)(c3cccnc3)CC2)c2ccccc2O1. The number of nitrogens with one attached hydrogen (secondary N) is 1. The summed E-state index contributed by atoms with van der Waals surface area (Å²) >= 11 is 0. The Morgan fingerprint density at radius 3 is 2.68 bits per heavy atom. The van der Waals surface area contributed by atoms with E-state index in [0.717, 1.165) is 16.9 Å². The molecule has 2 N–H and O–H groups in total. The van der Waals surface area contributed by atoms with Gasteiger partial charge in [-0.2, -0.15) is 0 Å². The number of urea groups is 1. The lowest BCUT2D eigenvalue weighted by atomic mass is 9.85. The molecule has 1 fully saturated rings. The predicted molar refractivity (Wildman–Crippen MR) is 106 cm³/mol. The molecule has 2 aliphatic heterocycles. The van der Waals surface area contributed by atoms with Gasteiger partial charge in [0.2, 0.25) is 0 Å². The van der Waals surface area contributed by atoms with Crippen LogP contribution < -0.4 is 10.1 Å². The van der Waals surface area contributed by atoms with Gasteiger partial charge in [-0.1, -0.05) is 24.3 Å². The highest BCUT2D eigenvalue weighted by molar-refractivity contribution is 5.75. The van der Waals surface area contributed by atoms with Crippen molar-refractivity contribution in [1.82, 2.24) is 15.2 Å². The average Bonchev–Trinajstić information content (AvgIpc) is 2.68. The smallest absolute Gasteiger partial charge is 0.317 e. The normalized spacial score (nSPS) is 22.7. The van der Waals surface area contributed by atoms with Crippen LogP contribution in [0, 0.1) is 0 Å². The molecular weight excluding hydrogens is 354 g/mol. The number of piperidine rings is 1. The maximum Gasteiger partial charge on any atom is 0.317 e. The van der Waals surface area contributed by atoms with E-state index in [1.165, 1.54) is 0 Å². The van der Waals surface area contributed by atoms with Gasteiger partial charge in [0.25, 0.3) is 0 Å². The summed E-state index contributed by atoms with van der Waals surface area (Å²) in [5, 5.41) is 14.1. The van der Waals surface area contributed by atoms with Gasteiger partial charge in [0, 0.05) is 43.0 Å². The summed E-state index contributed by atoms with van der Waals surface area (Å²) in [6.07, 6.45) is 5.12. The van der Waals surface area contributed by atoms with E-state index in [1.807, 2.05) is 50.2 Å². The van der Waals surface area contributed by atoms with Crippen molar-refractivity contribution in [3.63, 3.8) is 0 Å². The summed E-state index contributed by atoms with van der Waals surface area (Å²) in [6.45, 7) is 5.09. The zero-order valence-corrected chi connectivity index (χ0v) is 16.4. The quantitative estimate of drug-likeness (QED) is 0.836. The molecule has 0 bridgehead atoms. The van der Waals surface area contributed by atoms with Crippen molar-refractivity contribution < 1.29 is 14.6 Å². The highest BCUT2D eigenvalue weighted by Gasteiger charge is 2.38. The molecule has 0 saturated carbocycles. The van der Waals surface area contributed by atoms with Crippen molar-refractivity contribution in [2.45, 2.75) is 50.4 Å². The van der Waals surface area contributed by atoms with Gasteiger partial charge in [0.05, 0.1) is 11.6 Å². The second-order valence-electron chi connectivity index (χ2n) is 8.37. The first kappa shape index (κ1) is 18.7. The van der Waals surface area contributed by atoms with Crippen LogP contribution in [0.5, 0.6) is 5.75 Å². The van der Waals surface area contributed by atoms with E-state index in [4.69, 9.17) is 4.74 Å². The third-order valence-electron chi connectivity index (χ3n) is 5.75. The number of benzene rings is 1. The summed E-state index contributed by atoms with van der Waals surface area (Å²) < 4.78 is 6.05. The molecule has 6 heteroatoms. The van der Waals surface area contributed by atoms with E-state index in [1.54, 1.807) is 17.3 Å². The van der Waals surface area contributed by atoms with Crippen LogP contribution in [-0.2, 0) is 5.60 Å². The van der Waals surface area contributed by atoms with Gasteiger partial charge in [0.15, 0.2) is 0 Å². The van der Waals surface area contributed by atoms with E-state index in [0.29, 0.717) is 32.4 Å². The van der Waals surface area contributed by atoms with Crippen LogP contribution in [0.15, 0.2) is 48.8 Å². The fourth-order valence-electron chi connectivity index (χ4n) is 4.18. The molecule has 1 aromatic heterocycles. The first-order valence-corrected chi connectivity index (χ1v) is 9.83. The number of hydrogen-bond acceptors (Lipinski definition) is 4. The number of carbonyl (C=O) groups is 1. The molecule has 1 atom stereocenters. The van der Waals surface area contributed by atoms with Gasteiger partial charge in [0.1, 0.15) is 11.4 Å². The number of carbonyl (C=O) groups excluding carboxylic acids is 1. The molecule has 6 nitrogen and oxygen atoms in total. The Bertz CT molecular complexity index is 845. The number of nitrogens with zero attached hydrogens (tertiary/aromatic N) is 2. The average molecular weight is 381 g/mol. The highest BCUT2D eigenvalue weighted by Crippen LogP contribution is 2.39. The van der Waals surface area contributed by atoms with E-state index >= 15 is 0 Å². The van der Waals surface area contributed by atoms with E-state index in [-0.39, 0.29) is 17.7 Å². The minimum absolute atomic E-state index is 0.0911. The van der Waals surface area contributed by atoms with Crippen molar-refractivity contribution in [2.75, 3.05) is 13.1 Å². The molecule has 4 rings (SSSR count). The number of aromatic nitrogens is 1. The van der Waals surface area contributed by atoms with Crippen molar-refractivity contribution >= 4 is 6.03 Å². The first-order valence-electron chi connectivity index (χ1n) is 9.83. The van der Waals surface area contributed by atoms with Crippen LogP contribution in [0.25, 0.3) is 0 Å². The number of hydrogen-bond donors (Lipinski definition) is 2. The second-order valence-corrected chi connectivity index (χ2v) is 8.37. The molecule has 148 valence electrons. The number of amides is 2. The molecule has 0 aliphatic carbocycles. The summed E-state index contributed by atoms with van der Waals surface area (Å²) in [5.41, 5.74) is 0.571. The third kappa shape index (κ3) is 3.69. The Morgan fingerprint density at radius 2 is 1.96 bits per heavy atom. The number of pyridine rings is 1. The molecule has 2 aliphatic rings. The number of aliphatic hydroxyl groups is 1. The molecular formula is C22H27N3O3. The minimum atomic E-state index is -0.918. The molecule has 0 radical (unpaired) electrons. The highest BCUT2D eigenvalue weighted by atomic mass is 16.5. The van der Waals surface area contributed by atoms with Gasteiger partial charge in [-0.3, -0.25) is 4.98 Å². The first-order chi connectivity index (χ1) is 13.4. The van der Waals surface area contributed by atoms with Crippen LogP contribution >= 0.6 is 0 Å². The molecule has 3 heterocycles. The van der Waals surface area contributed by atoms with Crippen molar-refractivity contribution in [3.05, 3.63) is 59.9 Å². The molecule has 0 unspecified atom stereocenters. The van der Waals surface area contributed by atoms with Crippen LogP contribution in [0.4, 0.5) is 4.79 Å². The number of rotatable bonds is 2. The standard InChI is InChI=1S/C22H27N3O3/c1-21(2)14-18(17-7-3-4-8-19(17)28-21)24-20(26)25-12-9-22(27,10-13-25)16-6-5-11-23-15-16/h3-8,11,15,18,27H,9-10,12-14H2,1-2H3,(H,24,26)/t18-/m0/s1. The molecule has 1 saturated heterocycles. The molecule has 0 spiro atoms. The Kier molecular flexibility index (Phi) is 4.75. The summed E-state index contributed by atoms with van der Waals surface area (Å²) in [6, 6.07) is 11.4. The van der Waals surface area contributed by atoms with E-state index in [9.17, 15) is 9.90 Å². The maximum absolute atomic E-state index is 12.9. The van der Waals surface area contributed by atoms with Gasteiger partial charge in [-0.25, -0.2) is 4.79 Å². The van der Waals surface area contributed by atoms with Crippen molar-refractivity contribution in [3.8, 4) is 5.75 Å². The summed E-state index contributed by atoms with van der Waals surface area (Å²) in [4.78, 5) is 18.8. The van der Waals surface area contributed by atoms with Gasteiger partial charge < -0.3 is 20.1 Å². The van der Waals surface area contributed by atoms with E-state index < -0.39 is 5.60 Å². The molecule has 28 heavy (non-hydrogen) atoms. The van der Waals surface area contributed by atoms with E-state index in [2.05, 4.69) is 10.3 Å². The second kappa shape index (κ2) is 7.09. The lowest BCUT2D eigenvalue weighted by Crippen LogP contribution is -2.51. The van der Waals surface area contributed by atoms with Gasteiger partial charge in [-0.05, 0) is 38.8 Å². The van der Waals surface area contributed by atoms with Crippen LogP contribution in [0.1, 0.15) is 50.3 Å². The summed E-state index contributed by atoms with van der Waals surface area (Å²) in [5.74, 6) is 0.827. The Labute approximate surface area is 165 Å². The van der Waals surface area contributed by atoms with Crippen LogP contribution in [0.2, 0.25) is 0 Å². The Balaban J connectivity index is 1.43. The predicted octanol–water partition coefficient (Wildman–Crippen LogP) is 3.38. The third-order valence-corrected chi connectivity index (χ3v) is 5.75. The summed E-state index contributed by atoms with van der Waals surface area (Å²) in [7, 11) is 0. The largest absolute Gasteiger partial charge is 0.487 e. The van der Waals surface area contributed by atoms with Crippen LogP contribution in [-0.4, -0.2) is 39.7 Å². The molecule has 1 aromatic carbocycles. The van der Waals surface area contributed by atoms with Crippen molar-refractivity contribution in [2.24, 2.45) is 0 Å². The lowest BCUT2D eigenvalue weighted by Gasteiger charge is -2.41. The monoisotopic (exact) mass is 381 g/mol. The van der Waals surface area contributed by atoms with Crippen molar-refractivity contribution in [1.29, 1.82) is 0 Å². The number of ether oxygens (including phenoxy) is 1. The Morgan fingerprint density at radius 1 is 1.21 bits per heavy atom. The van der Waals surface area contributed by atoms with Crippen LogP contribution in [0.3, 0.4) is 0 Å². The zero-order valence-electron chi connectivity index (χ0n) is 16.4. The zero-order chi connectivity index (χ0) is 19.8.